The van der Waals surface area contributed by atoms with Crippen LogP contribution in [-0.2, 0) is 12.8 Å². The van der Waals surface area contributed by atoms with Gasteiger partial charge in [-0.2, -0.15) is 0 Å². The Labute approximate surface area is 168 Å². The quantitative estimate of drug-likeness (QED) is 0.342. The average molecular weight is 406 g/mol. The van der Waals surface area contributed by atoms with Gasteiger partial charge in [-0.05, 0) is 59.9 Å². The fourth-order valence-corrected chi connectivity index (χ4v) is 6.36. The van der Waals surface area contributed by atoms with E-state index in [1.165, 1.54) is 36.2 Å². The molecule has 1 aliphatic carbocycles. The third-order valence-electron chi connectivity index (χ3n) is 5.16. The van der Waals surface area contributed by atoms with E-state index in [2.05, 4.69) is 54.0 Å². The Kier molecular flexibility index (Phi) is 3.48. The standard InChI is InChI=1S/C21H15N3S3/c1-25-13-7-8-15-16(10-13)26-20(22-15)24-21-23-19-14-4-2-3-11-5-6-12(18(11)14)9-17(19)27-21/h2-4,7-10H,5-6H2,1H3,(H,22,23,24). The normalized spacial score (nSPS) is 13.2. The van der Waals surface area contributed by atoms with Crippen molar-refractivity contribution in [3.8, 4) is 0 Å². The fourth-order valence-electron chi connectivity index (χ4n) is 3.93. The third kappa shape index (κ3) is 2.47. The summed E-state index contributed by atoms with van der Waals surface area (Å²) in [5.74, 6) is 0. The van der Waals surface area contributed by atoms with Gasteiger partial charge in [0, 0.05) is 10.3 Å². The van der Waals surface area contributed by atoms with Gasteiger partial charge in [0.05, 0.1) is 20.4 Å². The van der Waals surface area contributed by atoms with Crippen molar-refractivity contribution in [2.45, 2.75) is 17.7 Å². The van der Waals surface area contributed by atoms with Gasteiger partial charge in [0.15, 0.2) is 10.3 Å². The summed E-state index contributed by atoms with van der Waals surface area (Å²) >= 11 is 5.16. The molecule has 0 saturated carbocycles. The van der Waals surface area contributed by atoms with E-state index < -0.39 is 0 Å². The number of anilines is 2. The number of thiazole rings is 2. The summed E-state index contributed by atoms with van der Waals surface area (Å²) in [6.07, 6.45) is 4.39. The van der Waals surface area contributed by atoms with Crippen LogP contribution < -0.4 is 5.32 Å². The topological polar surface area (TPSA) is 37.8 Å². The predicted octanol–water partition coefficient (Wildman–Crippen LogP) is 6.62. The molecule has 6 heteroatoms. The van der Waals surface area contributed by atoms with Gasteiger partial charge in [0.25, 0.3) is 0 Å². The van der Waals surface area contributed by atoms with Crippen molar-refractivity contribution < 1.29 is 0 Å². The Bertz CT molecular complexity index is 1350. The van der Waals surface area contributed by atoms with E-state index in [1.807, 2.05) is 0 Å². The first-order valence-electron chi connectivity index (χ1n) is 8.84. The van der Waals surface area contributed by atoms with E-state index in [9.17, 15) is 0 Å². The maximum absolute atomic E-state index is 4.92. The molecule has 6 rings (SSSR count). The van der Waals surface area contributed by atoms with Crippen molar-refractivity contribution >= 4 is 75.9 Å². The molecule has 0 radical (unpaired) electrons. The first-order chi connectivity index (χ1) is 13.3. The summed E-state index contributed by atoms with van der Waals surface area (Å²) < 4.78 is 2.46. The Balaban J connectivity index is 1.45. The highest BCUT2D eigenvalue weighted by molar-refractivity contribution is 7.98. The van der Waals surface area contributed by atoms with Crippen molar-refractivity contribution in [3.63, 3.8) is 0 Å². The third-order valence-corrected chi connectivity index (χ3v) is 7.74. The molecule has 3 nitrogen and oxygen atoms in total. The van der Waals surface area contributed by atoms with Crippen molar-refractivity contribution in [1.29, 1.82) is 0 Å². The average Bonchev–Trinajstić information content (AvgIpc) is 3.38. The lowest BCUT2D eigenvalue weighted by atomic mass is 10.0. The van der Waals surface area contributed by atoms with Crippen LogP contribution in [0.4, 0.5) is 10.3 Å². The highest BCUT2D eigenvalue weighted by Crippen LogP contribution is 2.40. The lowest BCUT2D eigenvalue weighted by Crippen LogP contribution is -1.87. The van der Waals surface area contributed by atoms with Gasteiger partial charge in [-0.15, -0.1) is 11.8 Å². The van der Waals surface area contributed by atoms with Crippen molar-refractivity contribution in [2.24, 2.45) is 0 Å². The second kappa shape index (κ2) is 5.92. The molecule has 0 atom stereocenters. The van der Waals surface area contributed by atoms with E-state index in [0.717, 1.165) is 34.1 Å². The lowest BCUT2D eigenvalue weighted by Gasteiger charge is -2.02. The summed E-state index contributed by atoms with van der Waals surface area (Å²) in [7, 11) is 0. The first kappa shape index (κ1) is 15.9. The van der Waals surface area contributed by atoms with Gasteiger partial charge in [-0.25, -0.2) is 9.97 Å². The summed E-state index contributed by atoms with van der Waals surface area (Å²) in [6.45, 7) is 0. The summed E-state index contributed by atoms with van der Waals surface area (Å²) in [6, 6.07) is 15.4. The molecule has 0 bridgehead atoms. The Morgan fingerprint density at radius 2 is 1.78 bits per heavy atom. The van der Waals surface area contributed by atoms with Crippen LogP contribution >= 0.6 is 34.4 Å². The number of fused-ring (bicyclic) bond motifs is 3. The second-order valence-electron chi connectivity index (χ2n) is 6.72. The van der Waals surface area contributed by atoms with Gasteiger partial charge in [0.1, 0.15) is 0 Å². The minimum Gasteiger partial charge on any atom is -0.307 e. The smallest absolute Gasteiger partial charge is 0.190 e. The van der Waals surface area contributed by atoms with Crippen LogP contribution in [0.15, 0.2) is 47.4 Å². The number of nitrogens with zero attached hydrogens (tertiary/aromatic N) is 2. The molecule has 2 aromatic heterocycles. The van der Waals surface area contributed by atoms with Crippen molar-refractivity contribution in [3.05, 3.63) is 53.6 Å². The van der Waals surface area contributed by atoms with Crippen molar-refractivity contribution in [1.82, 2.24) is 9.97 Å². The minimum atomic E-state index is 0.902. The monoisotopic (exact) mass is 405 g/mol. The van der Waals surface area contributed by atoms with E-state index >= 15 is 0 Å². The molecule has 5 aromatic rings. The van der Waals surface area contributed by atoms with Crippen LogP contribution in [0.1, 0.15) is 11.1 Å². The van der Waals surface area contributed by atoms with Gasteiger partial charge in [-0.3, -0.25) is 0 Å². The Morgan fingerprint density at radius 3 is 2.70 bits per heavy atom. The maximum atomic E-state index is 4.92. The summed E-state index contributed by atoms with van der Waals surface area (Å²) in [5, 5.41) is 7.97. The molecule has 0 aliphatic heterocycles. The van der Waals surface area contributed by atoms with Gasteiger partial charge in [-0.1, -0.05) is 40.9 Å². The van der Waals surface area contributed by atoms with Crippen LogP contribution in [0, 0.1) is 0 Å². The predicted molar refractivity (Wildman–Crippen MR) is 119 cm³/mol. The molecule has 0 unspecified atom stereocenters. The van der Waals surface area contributed by atoms with E-state index in [4.69, 9.17) is 9.97 Å². The zero-order valence-corrected chi connectivity index (χ0v) is 17.0. The second-order valence-corrected chi connectivity index (χ2v) is 9.66. The maximum Gasteiger partial charge on any atom is 0.190 e. The summed E-state index contributed by atoms with van der Waals surface area (Å²) in [4.78, 5) is 10.9. The molecule has 0 amide bonds. The molecule has 27 heavy (non-hydrogen) atoms. The summed E-state index contributed by atoms with van der Waals surface area (Å²) in [5.41, 5.74) is 5.07. The number of nitrogens with one attached hydrogen (secondary N) is 1. The zero-order chi connectivity index (χ0) is 18.0. The fraction of sp³-hybridized carbons (Fsp3) is 0.143. The Hall–Kier alpha value is -2.15. The molecule has 3 aromatic carbocycles. The van der Waals surface area contributed by atoms with Crippen LogP contribution in [-0.4, -0.2) is 16.2 Å². The number of aromatic nitrogens is 2. The highest BCUT2D eigenvalue weighted by Gasteiger charge is 2.18. The molecule has 0 spiro atoms. The molecule has 132 valence electrons. The SMILES string of the molecule is CSc1ccc2nc(Nc3nc4c(cc5c6c(cccc64)CC5)s3)sc2c1. The van der Waals surface area contributed by atoms with Gasteiger partial charge in [0.2, 0.25) is 0 Å². The van der Waals surface area contributed by atoms with E-state index in [-0.39, 0.29) is 0 Å². The molecule has 1 N–H and O–H groups in total. The number of benzene rings is 3. The molecule has 1 aliphatic rings. The highest BCUT2D eigenvalue weighted by atomic mass is 32.2. The Morgan fingerprint density at radius 1 is 0.926 bits per heavy atom. The number of aryl methyl sites for hydroxylation is 2. The molecular formula is C21H15N3S3. The number of hydrogen-bond acceptors (Lipinski definition) is 6. The van der Waals surface area contributed by atoms with Gasteiger partial charge >= 0.3 is 0 Å². The molecule has 0 fully saturated rings. The largest absolute Gasteiger partial charge is 0.307 e. The van der Waals surface area contributed by atoms with Crippen LogP contribution in [0.3, 0.4) is 0 Å². The molecular weight excluding hydrogens is 390 g/mol. The zero-order valence-electron chi connectivity index (χ0n) is 14.6. The number of rotatable bonds is 3. The van der Waals surface area contributed by atoms with Crippen molar-refractivity contribution in [2.75, 3.05) is 11.6 Å². The van der Waals surface area contributed by atoms with E-state index in [0.29, 0.717) is 0 Å². The van der Waals surface area contributed by atoms with E-state index in [1.54, 1.807) is 34.4 Å². The van der Waals surface area contributed by atoms with Crippen LogP contribution in [0.5, 0.6) is 0 Å². The van der Waals surface area contributed by atoms with Gasteiger partial charge < -0.3 is 5.32 Å². The number of hydrogen-bond donors (Lipinski definition) is 1. The molecule has 0 saturated heterocycles. The van der Waals surface area contributed by atoms with Crippen LogP contribution in [0.2, 0.25) is 0 Å². The molecule has 2 heterocycles. The first-order valence-corrected chi connectivity index (χ1v) is 11.7. The lowest BCUT2D eigenvalue weighted by molar-refractivity contribution is 1.03. The minimum absolute atomic E-state index is 0.902. The van der Waals surface area contributed by atoms with Crippen LogP contribution in [0.25, 0.3) is 31.2 Å². The number of thioether (sulfide) groups is 1.